The monoisotopic (exact) mass is 219 g/mol. The van der Waals surface area contributed by atoms with Crippen molar-refractivity contribution in [2.45, 2.75) is 32.4 Å². The Bertz CT molecular complexity index is 198. The molecule has 0 rings (SSSR count). The van der Waals surface area contributed by atoms with Gasteiger partial charge in [0, 0.05) is 6.61 Å². The highest BCUT2D eigenvalue weighted by Crippen LogP contribution is 2.06. The second-order valence-electron chi connectivity index (χ2n) is 3.67. The summed E-state index contributed by atoms with van der Waals surface area (Å²) in [5.74, 6) is -0.923. The van der Waals surface area contributed by atoms with E-state index in [4.69, 9.17) is 14.6 Å². The molecule has 2 unspecified atom stereocenters. The zero-order chi connectivity index (χ0) is 11.9. The number of carboxylic acid groups (broad SMARTS) is 1. The van der Waals surface area contributed by atoms with E-state index in [2.05, 4.69) is 5.32 Å². The summed E-state index contributed by atoms with van der Waals surface area (Å²) in [6.07, 6.45) is -0.100. The second kappa shape index (κ2) is 6.76. The number of ether oxygens (including phenoxy) is 2. The van der Waals surface area contributed by atoms with Crippen LogP contribution in [-0.4, -0.2) is 49.6 Å². The summed E-state index contributed by atoms with van der Waals surface area (Å²) >= 11 is 0. The second-order valence-corrected chi connectivity index (χ2v) is 3.67. The number of carbonyl (C=O) groups is 1. The average molecular weight is 219 g/mol. The molecule has 2 atom stereocenters. The highest BCUT2D eigenvalue weighted by Gasteiger charge is 2.32. The molecule has 0 heterocycles. The summed E-state index contributed by atoms with van der Waals surface area (Å²) in [6, 6.07) is 0. The van der Waals surface area contributed by atoms with Gasteiger partial charge in [-0.15, -0.1) is 0 Å². The van der Waals surface area contributed by atoms with E-state index in [1.54, 1.807) is 14.0 Å². The van der Waals surface area contributed by atoms with Crippen LogP contribution in [0.5, 0.6) is 0 Å². The number of rotatable bonds is 8. The maximum atomic E-state index is 10.9. The van der Waals surface area contributed by atoms with Crippen molar-refractivity contribution in [2.24, 2.45) is 0 Å². The molecule has 0 aromatic rings. The third-order valence-electron chi connectivity index (χ3n) is 2.24. The number of nitrogens with one attached hydrogen (secondary N) is 1. The first kappa shape index (κ1) is 14.3. The standard InChI is InChI=1S/C10H21NO4/c1-5-14-6-8(2)15-7-10(3,11-4)9(12)13/h8,11H,5-7H2,1-4H3,(H,12,13). The fourth-order valence-electron chi connectivity index (χ4n) is 0.882. The largest absolute Gasteiger partial charge is 0.480 e. The summed E-state index contributed by atoms with van der Waals surface area (Å²) in [5, 5.41) is 11.7. The minimum absolute atomic E-state index is 0.100. The fourth-order valence-corrected chi connectivity index (χ4v) is 0.882. The van der Waals surface area contributed by atoms with Crippen LogP contribution in [0.15, 0.2) is 0 Å². The molecule has 0 bridgehead atoms. The van der Waals surface area contributed by atoms with E-state index in [1.165, 1.54) is 0 Å². The summed E-state index contributed by atoms with van der Waals surface area (Å²) in [5.41, 5.74) is -1.04. The van der Waals surface area contributed by atoms with Gasteiger partial charge in [-0.25, -0.2) is 0 Å². The zero-order valence-corrected chi connectivity index (χ0v) is 9.87. The van der Waals surface area contributed by atoms with Gasteiger partial charge in [-0.05, 0) is 27.8 Å². The lowest BCUT2D eigenvalue weighted by Gasteiger charge is -2.25. The first-order valence-electron chi connectivity index (χ1n) is 5.08. The average Bonchev–Trinajstić information content (AvgIpc) is 2.22. The molecule has 5 heteroatoms. The van der Waals surface area contributed by atoms with E-state index in [9.17, 15) is 4.79 Å². The zero-order valence-electron chi connectivity index (χ0n) is 9.87. The molecule has 0 aromatic carbocycles. The van der Waals surface area contributed by atoms with Crippen molar-refractivity contribution in [1.82, 2.24) is 5.32 Å². The Morgan fingerprint density at radius 2 is 2.20 bits per heavy atom. The Morgan fingerprint density at radius 1 is 1.60 bits per heavy atom. The number of carboxylic acids is 1. The molecule has 0 radical (unpaired) electrons. The smallest absolute Gasteiger partial charge is 0.326 e. The van der Waals surface area contributed by atoms with Crippen LogP contribution in [0.25, 0.3) is 0 Å². The molecule has 0 fully saturated rings. The van der Waals surface area contributed by atoms with E-state index in [0.717, 1.165) is 0 Å². The van der Waals surface area contributed by atoms with Crippen molar-refractivity contribution >= 4 is 5.97 Å². The lowest BCUT2D eigenvalue weighted by molar-refractivity contribution is -0.148. The highest BCUT2D eigenvalue weighted by atomic mass is 16.5. The molecule has 0 saturated heterocycles. The summed E-state index contributed by atoms with van der Waals surface area (Å²) in [7, 11) is 1.60. The van der Waals surface area contributed by atoms with Crippen LogP contribution in [0, 0.1) is 0 Å². The summed E-state index contributed by atoms with van der Waals surface area (Å²) < 4.78 is 10.6. The minimum atomic E-state index is -1.04. The van der Waals surface area contributed by atoms with Crippen molar-refractivity contribution < 1.29 is 19.4 Å². The van der Waals surface area contributed by atoms with Gasteiger partial charge < -0.3 is 19.9 Å². The van der Waals surface area contributed by atoms with E-state index >= 15 is 0 Å². The molecule has 90 valence electrons. The molecule has 0 aliphatic heterocycles. The fraction of sp³-hybridized carbons (Fsp3) is 0.900. The third-order valence-corrected chi connectivity index (χ3v) is 2.24. The number of hydrogen-bond acceptors (Lipinski definition) is 4. The molecule has 0 spiro atoms. The van der Waals surface area contributed by atoms with E-state index < -0.39 is 11.5 Å². The van der Waals surface area contributed by atoms with Crippen molar-refractivity contribution in [3.05, 3.63) is 0 Å². The minimum Gasteiger partial charge on any atom is -0.480 e. The Labute approximate surface area is 90.8 Å². The van der Waals surface area contributed by atoms with E-state index in [1.807, 2.05) is 13.8 Å². The highest BCUT2D eigenvalue weighted by molar-refractivity contribution is 5.78. The van der Waals surface area contributed by atoms with Gasteiger partial charge in [0.05, 0.1) is 19.3 Å². The van der Waals surface area contributed by atoms with Crippen LogP contribution in [0.3, 0.4) is 0 Å². The number of hydrogen-bond donors (Lipinski definition) is 2. The molecule has 0 aliphatic carbocycles. The molecule has 0 amide bonds. The molecule has 0 aliphatic rings. The maximum Gasteiger partial charge on any atom is 0.326 e. The van der Waals surface area contributed by atoms with Crippen LogP contribution in [0.2, 0.25) is 0 Å². The van der Waals surface area contributed by atoms with Crippen LogP contribution in [0.4, 0.5) is 0 Å². The van der Waals surface area contributed by atoms with Crippen molar-refractivity contribution in [3.8, 4) is 0 Å². The Morgan fingerprint density at radius 3 is 2.60 bits per heavy atom. The van der Waals surface area contributed by atoms with Crippen LogP contribution in [0.1, 0.15) is 20.8 Å². The van der Waals surface area contributed by atoms with E-state index in [0.29, 0.717) is 13.2 Å². The van der Waals surface area contributed by atoms with Gasteiger partial charge in [0.1, 0.15) is 5.54 Å². The molecular formula is C10H21NO4. The van der Waals surface area contributed by atoms with Crippen LogP contribution < -0.4 is 5.32 Å². The Hall–Kier alpha value is -0.650. The van der Waals surface area contributed by atoms with Gasteiger partial charge in [-0.1, -0.05) is 0 Å². The summed E-state index contributed by atoms with van der Waals surface area (Å²) in [6.45, 7) is 6.58. The lowest BCUT2D eigenvalue weighted by atomic mass is 10.1. The number of likely N-dealkylation sites (N-methyl/N-ethyl adjacent to an activating group) is 1. The topological polar surface area (TPSA) is 67.8 Å². The lowest BCUT2D eigenvalue weighted by Crippen LogP contribution is -2.52. The Balaban J connectivity index is 3.95. The van der Waals surface area contributed by atoms with Crippen molar-refractivity contribution in [2.75, 3.05) is 26.9 Å². The molecule has 5 nitrogen and oxygen atoms in total. The molecule has 15 heavy (non-hydrogen) atoms. The summed E-state index contributed by atoms with van der Waals surface area (Å²) in [4.78, 5) is 10.9. The molecule has 0 aromatic heterocycles. The molecular weight excluding hydrogens is 198 g/mol. The van der Waals surface area contributed by atoms with E-state index in [-0.39, 0.29) is 12.7 Å². The van der Waals surface area contributed by atoms with Gasteiger partial charge in [0.15, 0.2) is 0 Å². The quantitative estimate of drug-likeness (QED) is 0.622. The normalized spacial score (nSPS) is 17.1. The SMILES string of the molecule is CCOCC(C)OCC(C)(NC)C(=O)O. The predicted octanol–water partition coefficient (Wildman–Crippen LogP) is 0.491. The Kier molecular flexibility index (Phi) is 6.47. The van der Waals surface area contributed by atoms with Gasteiger partial charge >= 0.3 is 5.97 Å². The first-order chi connectivity index (χ1) is 6.96. The first-order valence-corrected chi connectivity index (χ1v) is 5.08. The number of aliphatic carboxylic acids is 1. The van der Waals surface area contributed by atoms with Crippen LogP contribution in [-0.2, 0) is 14.3 Å². The van der Waals surface area contributed by atoms with Crippen molar-refractivity contribution in [1.29, 1.82) is 0 Å². The van der Waals surface area contributed by atoms with Crippen LogP contribution >= 0.6 is 0 Å². The van der Waals surface area contributed by atoms with Gasteiger partial charge in [0.2, 0.25) is 0 Å². The molecule has 0 saturated carbocycles. The predicted molar refractivity (Wildman–Crippen MR) is 57.0 cm³/mol. The van der Waals surface area contributed by atoms with Crippen molar-refractivity contribution in [3.63, 3.8) is 0 Å². The van der Waals surface area contributed by atoms with Gasteiger partial charge in [0.25, 0.3) is 0 Å². The maximum absolute atomic E-state index is 10.9. The van der Waals surface area contributed by atoms with Gasteiger partial charge in [-0.3, -0.25) is 4.79 Å². The third kappa shape index (κ3) is 5.11. The van der Waals surface area contributed by atoms with Gasteiger partial charge in [-0.2, -0.15) is 0 Å². The molecule has 2 N–H and O–H groups in total.